The van der Waals surface area contributed by atoms with Crippen molar-refractivity contribution >= 4 is 17.6 Å². The number of esters is 1. The second-order valence-corrected chi connectivity index (χ2v) is 6.07. The number of nitrogens with one attached hydrogen (secondary N) is 1. The summed E-state index contributed by atoms with van der Waals surface area (Å²) >= 11 is 0. The lowest BCUT2D eigenvalue weighted by Gasteiger charge is -2.12. The second-order valence-electron chi connectivity index (χ2n) is 6.07. The highest BCUT2D eigenvalue weighted by molar-refractivity contribution is 5.96. The van der Waals surface area contributed by atoms with E-state index >= 15 is 0 Å². The Balaban J connectivity index is 1.46. The molecule has 0 spiro atoms. The molecule has 2 aromatic carbocycles. The molecule has 0 saturated carbocycles. The van der Waals surface area contributed by atoms with Crippen molar-refractivity contribution in [2.75, 3.05) is 5.32 Å². The highest BCUT2D eigenvalue weighted by Crippen LogP contribution is 2.33. The molecule has 2 aliphatic rings. The Morgan fingerprint density at radius 2 is 1.96 bits per heavy atom. The molecule has 4 nitrogen and oxygen atoms in total. The van der Waals surface area contributed by atoms with Crippen molar-refractivity contribution in [2.24, 2.45) is 0 Å². The lowest BCUT2D eigenvalue weighted by molar-refractivity contribution is -0.118. The monoisotopic (exact) mass is 307 g/mol. The molecule has 1 N–H and O–H groups in total. The lowest BCUT2D eigenvalue weighted by Crippen LogP contribution is -2.16. The van der Waals surface area contributed by atoms with Gasteiger partial charge in [-0.05, 0) is 48.6 Å². The Morgan fingerprint density at radius 3 is 2.87 bits per heavy atom. The zero-order valence-corrected chi connectivity index (χ0v) is 12.7. The van der Waals surface area contributed by atoms with E-state index in [-0.39, 0.29) is 18.3 Å². The van der Waals surface area contributed by atoms with E-state index in [1.54, 1.807) is 12.1 Å². The van der Waals surface area contributed by atoms with Gasteiger partial charge in [0.05, 0.1) is 12.0 Å². The second kappa shape index (κ2) is 5.54. The van der Waals surface area contributed by atoms with E-state index in [9.17, 15) is 9.59 Å². The number of cyclic esters (lactones) is 1. The first-order chi connectivity index (χ1) is 11.2. The van der Waals surface area contributed by atoms with Crippen LogP contribution in [0.4, 0.5) is 5.69 Å². The van der Waals surface area contributed by atoms with Crippen LogP contribution in [0.1, 0.15) is 46.0 Å². The topological polar surface area (TPSA) is 55.4 Å². The Bertz CT molecular complexity index is 797. The van der Waals surface area contributed by atoms with Gasteiger partial charge in [0, 0.05) is 11.3 Å². The molecule has 116 valence electrons. The van der Waals surface area contributed by atoms with E-state index in [4.69, 9.17) is 4.74 Å². The molecule has 4 heteroatoms. The van der Waals surface area contributed by atoms with Crippen LogP contribution in [0.2, 0.25) is 0 Å². The highest BCUT2D eigenvalue weighted by atomic mass is 16.5. The fraction of sp³-hybridized carbons (Fsp3) is 0.263. The van der Waals surface area contributed by atoms with Gasteiger partial charge < -0.3 is 10.1 Å². The van der Waals surface area contributed by atoms with Crippen molar-refractivity contribution in [3.05, 3.63) is 64.7 Å². The number of carbonyl (C=O) groups excluding carboxylic acids is 2. The number of amides is 1. The third-order valence-electron chi connectivity index (χ3n) is 4.53. The smallest absolute Gasteiger partial charge is 0.339 e. The number of rotatable bonds is 3. The number of ether oxygens (including phenoxy) is 1. The van der Waals surface area contributed by atoms with Crippen molar-refractivity contribution in [1.82, 2.24) is 0 Å². The van der Waals surface area contributed by atoms with Crippen LogP contribution < -0.4 is 5.32 Å². The molecular weight excluding hydrogens is 290 g/mol. The van der Waals surface area contributed by atoms with Gasteiger partial charge >= 0.3 is 5.97 Å². The summed E-state index contributed by atoms with van der Waals surface area (Å²) in [7, 11) is 0. The molecule has 1 aliphatic carbocycles. The van der Waals surface area contributed by atoms with Crippen molar-refractivity contribution in [3.63, 3.8) is 0 Å². The predicted octanol–water partition coefficient (Wildman–Crippen LogP) is 3.42. The third-order valence-corrected chi connectivity index (χ3v) is 4.53. The third kappa shape index (κ3) is 2.61. The van der Waals surface area contributed by atoms with Crippen LogP contribution in [0.5, 0.6) is 0 Å². The summed E-state index contributed by atoms with van der Waals surface area (Å²) in [6, 6.07) is 13.3. The van der Waals surface area contributed by atoms with Gasteiger partial charge in [-0.3, -0.25) is 4.79 Å². The van der Waals surface area contributed by atoms with Crippen LogP contribution in [0, 0.1) is 0 Å². The molecule has 1 aliphatic heterocycles. The summed E-state index contributed by atoms with van der Waals surface area (Å²) in [5.74, 6) is -0.492. The Labute approximate surface area is 134 Å². The van der Waals surface area contributed by atoms with Crippen LogP contribution in [-0.4, -0.2) is 11.9 Å². The highest BCUT2D eigenvalue weighted by Gasteiger charge is 2.32. The maximum atomic E-state index is 12.3. The van der Waals surface area contributed by atoms with Crippen LogP contribution in [0.25, 0.3) is 0 Å². The zero-order chi connectivity index (χ0) is 15.8. The van der Waals surface area contributed by atoms with E-state index in [1.165, 1.54) is 17.5 Å². The normalized spacial score (nSPS) is 18.3. The van der Waals surface area contributed by atoms with E-state index in [2.05, 4.69) is 17.4 Å². The van der Waals surface area contributed by atoms with Crippen LogP contribution in [0.3, 0.4) is 0 Å². The Kier molecular flexibility index (Phi) is 3.37. The van der Waals surface area contributed by atoms with Crippen LogP contribution in [-0.2, 0) is 22.4 Å². The molecule has 0 saturated heterocycles. The number of hydrogen-bond donors (Lipinski definition) is 1. The zero-order valence-electron chi connectivity index (χ0n) is 12.7. The number of benzene rings is 2. The lowest BCUT2D eigenvalue weighted by atomic mass is 10.0. The summed E-state index contributed by atoms with van der Waals surface area (Å²) in [4.78, 5) is 24.1. The van der Waals surface area contributed by atoms with Crippen molar-refractivity contribution in [1.29, 1.82) is 0 Å². The van der Waals surface area contributed by atoms with Crippen molar-refractivity contribution < 1.29 is 14.3 Å². The molecule has 1 heterocycles. The molecule has 0 radical (unpaired) electrons. The Hall–Kier alpha value is -2.62. The fourth-order valence-electron chi connectivity index (χ4n) is 3.40. The summed E-state index contributed by atoms with van der Waals surface area (Å²) in [5, 5.41) is 2.91. The van der Waals surface area contributed by atoms with Gasteiger partial charge in [0.25, 0.3) is 0 Å². The maximum Gasteiger partial charge on any atom is 0.339 e. The van der Waals surface area contributed by atoms with Crippen LogP contribution in [0.15, 0.2) is 42.5 Å². The average Bonchev–Trinajstić information content (AvgIpc) is 3.12. The molecule has 0 fully saturated rings. The van der Waals surface area contributed by atoms with E-state index in [0.717, 1.165) is 24.1 Å². The van der Waals surface area contributed by atoms with Crippen molar-refractivity contribution in [3.8, 4) is 0 Å². The van der Waals surface area contributed by atoms with Crippen molar-refractivity contribution in [2.45, 2.75) is 31.8 Å². The van der Waals surface area contributed by atoms with E-state index < -0.39 is 6.10 Å². The molecule has 2 aromatic rings. The number of fused-ring (bicyclic) bond motifs is 2. The first kappa shape index (κ1) is 14.0. The van der Waals surface area contributed by atoms with Gasteiger partial charge in [-0.1, -0.05) is 24.3 Å². The first-order valence-electron chi connectivity index (χ1n) is 7.92. The molecule has 0 unspecified atom stereocenters. The van der Waals surface area contributed by atoms with Gasteiger partial charge in [-0.15, -0.1) is 0 Å². The minimum atomic E-state index is -0.492. The SMILES string of the molecule is O=C(C[C@H]1OC(=O)c2ccccc21)Nc1ccc2c(c1)CCC2. The van der Waals surface area contributed by atoms with E-state index in [0.29, 0.717) is 5.56 Å². The predicted molar refractivity (Wildman–Crippen MR) is 86.3 cm³/mol. The molecule has 1 amide bonds. The maximum absolute atomic E-state index is 12.3. The number of hydrogen-bond acceptors (Lipinski definition) is 3. The Morgan fingerprint density at radius 1 is 1.13 bits per heavy atom. The number of aryl methyl sites for hydroxylation is 2. The summed E-state index contributed by atoms with van der Waals surface area (Å²) < 4.78 is 5.31. The molecule has 0 bridgehead atoms. The minimum absolute atomic E-state index is 0.139. The van der Waals surface area contributed by atoms with Gasteiger partial charge in [-0.25, -0.2) is 4.79 Å². The van der Waals surface area contributed by atoms with Crippen LogP contribution >= 0.6 is 0 Å². The van der Waals surface area contributed by atoms with Gasteiger partial charge in [0.1, 0.15) is 6.10 Å². The molecule has 1 atom stereocenters. The van der Waals surface area contributed by atoms with Gasteiger partial charge in [-0.2, -0.15) is 0 Å². The number of carbonyl (C=O) groups is 2. The number of anilines is 1. The molecule has 0 aromatic heterocycles. The fourth-order valence-corrected chi connectivity index (χ4v) is 3.40. The summed E-state index contributed by atoms with van der Waals surface area (Å²) in [6.45, 7) is 0. The molecule has 4 rings (SSSR count). The minimum Gasteiger partial charge on any atom is -0.453 e. The van der Waals surface area contributed by atoms with E-state index in [1.807, 2.05) is 18.2 Å². The molecular formula is C19H17NO3. The van der Waals surface area contributed by atoms with Gasteiger partial charge in [0.2, 0.25) is 5.91 Å². The van der Waals surface area contributed by atoms with Gasteiger partial charge in [0.15, 0.2) is 0 Å². The standard InChI is InChI=1S/C19H17NO3/c21-18(20-14-9-8-12-4-3-5-13(12)10-14)11-17-15-6-1-2-7-16(15)19(22)23-17/h1-2,6-10,17H,3-5,11H2,(H,20,21)/t17-/m1/s1. The largest absolute Gasteiger partial charge is 0.453 e. The molecule has 23 heavy (non-hydrogen) atoms. The quantitative estimate of drug-likeness (QED) is 0.884. The summed E-state index contributed by atoms with van der Waals surface area (Å²) in [6.07, 6.45) is 3.03. The first-order valence-corrected chi connectivity index (χ1v) is 7.92. The summed E-state index contributed by atoms with van der Waals surface area (Å²) in [5.41, 5.74) is 4.86. The average molecular weight is 307 g/mol.